The predicted molar refractivity (Wildman–Crippen MR) is 85.2 cm³/mol. The van der Waals surface area contributed by atoms with Gasteiger partial charge in [-0.25, -0.2) is 0 Å². The van der Waals surface area contributed by atoms with Crippen molar-refractivity contribution in [1.82, 2.24) is 10.3 Å². The van der Waals surface area contributed by atoms with E-state index in [4.69, 9.17) is 4.74 Å². The number of benzene rings is 1. The summed E-state index contributed by atoms with van der Waals surface area (Å²) in [5, 5.41) is 3.52. The third-order valence-corrected chi connectivity index (χ3v) is 4.04. The van der Waals surface area contributed by atoms with Crippen LogP contribution in [0.4, 0.5) is 0 Å². The highest BCUT2D eigenvalue weighted by molar-refractivity contribution is 9.10. The Morgan fingerprint density at radius 3 is 2.75 bits per heavy atom. The minimum absolute atomic E-state index is 0.0955. The van der Waals surface area contributed by atoms with Gasteiger partial charge in [-0.1, -0.05) is 22.9 Å². The molecule has 1 aromatic carbocycles. The number of methoxy groups -OCH3 is 1. The zero-order chi connectivity index (χ0) is 14.5. The highest BCUT2D eigenvalue weighted by atomic mass is 79.9. The number of aryl methyl sites for hydroxylation is 1. The first-order valence-corrected chi connectivity index (χ1v) is 7.44. The van der Waals surface area contributed by atoms with E-state index in [0.717, 1.165) is 22.3 Å². The second-order valence-electron chi connectivity index (χ2n) is 4.61. The molecule has 0 bridgehead atoms. The summed E-state index contributed by atoms with van der Waals surface area (Å²) in [6.07, 6.45) is 3.75. The maximum absolute atomic E-state index is 5.34. The maximum atomic E-state index is 5.34. The Morgan fingerprint density at radius 2 is 2.10 bits per heavy atom. The summed E-state index contributed by atoms with van der Waals surface area (Å²) in [6.45, 7) is 5.09. The van der Waals surface area contributed by atoms with Gasteiger partial charge in [0.25, 0.3) is 0 Å². The van der Waals surface area contributed by atoms with E-state index in [1.165, 1.54) is 11.1 Å². The van der Waals surface area contributed by atoms with Gasteiger partial charge in [-0.15, -0.1) is 0 Å². The molecule has 1 atom stereocenters. The summed E-state index contributed by atoms with van der Waals surface area (Å²) >= 11 is 3.64. The first-order chi connectivity index (χ1) is 9.67. The lowest BCUT2D eigenvalue weighted by Crippen LogP contribution is -2.23. The third kappa shape index (κ3) is 3.19. The van der Waals surface area contributed by atoms with Gasteiger partial charge in [0.05, 0.1) is 13.2 Å². The lowest BCUT2D eigenvalue weighted by Gasteiger charge is -2.22. The van der Waals surface area contributed by atoms with Crippen molar-refractivity contribution >= 4 is 15.9 Å². The number of pyridine rings is 1. The molecule has 20 heavy (non-hydrogen) atoms. The van der Waals surface area contributed by atoms with E-state index in [1.807, 2.05) is 30.6 Å². The van der Waals surface area contributed by atoms with Gasteiger partial charge in [0.15, 0.2) is 0 Å². The van der Waals surface area contributed by atoms with E-state index in [-0.39, 0.29) is 6.04 Å². The molecule has 0 fully saturated rings. The normalized spacial score (nSPS) is 12.2. The minimum Gasteiger partial charge on any atom is -0.497 e. The number of nitrogens with one attached hydrogen (secondary N) is 1. The molecule has 1 N–H and O–H groups in total. The molecule has 2 rings (SSSR count). The molecule has 3 nitrogen and oxygen atoms in total. The van der Waals surface area contributed by atoms with E-state index in [9.17, 15) is 0 Å². The summed E-state index contributed by atoms with van der Waals surface area (Å²) in [7, 11) is 1.69. The van der Waals surface area contributed by atoms with Crippen LogP contribution in [-0.2, 0) is 0 Å². The van der Waals surface area contributed by atoms with Crippen LogP contribution in [0, 0.1) is 6.92 Å². The fourth-order valence-electron chi connectivity index (χ4n) is 2.24. The number of hydrogen-bond donors (Lipinski definition) is 1. The van der Waals surface area contributed by atoms with Gasteiger partial charge in [0.2, 0.25) is 0 Å². The number of nitrogens with zero attached hydrogens (tertiary/aromatic N) is 1. The SMILES string of the molecule is CCNC(c1cnccc1C)c1cc(OC)ccc1Br. The molecule has 0 saturated carbocycles. The van der Waals surface area contributed by atoms with Crippen molar-refractivity contribution in [2.24, 2.45) is 0 Å². The molecule has 4 heteroatoms. The van der Waals surface area contributed by atoms with Gasteiger partial charge < -0.3 is 10.1 Å². The first-order valence-electron chi connectivity index (χ1n) is 6.64. The van der Waals surface area contributed by atoms with Gasteiger partial charge >= 0.3 is 0 Å². The molecule has 1 unspecified atom stereocenters. The van der Waals surface area contributed by atoms with E-state index < -0.39 is 0 Å². The largest absolute Gasteiger partial charge is 0.497 e. The Balaban J connectivity index is 2.51. The van der Waals surface area contributed by atoms with Gasteiger partial charge in [0.1, 0.15) is 5.75 Å². The van der Waals surface area contributed by atoms with Crippen molar-refractivity contribution in [2.75, 3.05) is 13.7 Å². The van der Waals surface area contributed by atoms with Gasteiger partial charge in [-0.3, -0.25) is 4.98 Å². The summed E-state index contributed by atoms with van der Waals surface area (Å²) in [5.74, 6) is 0.854. The van der Waals surface area contributed by atoms with Crippen molar-refractivity contribution < 1.29 is 4.74 Å². The second-order valence-corrected chi connectivity index (χ2v) is 5.46. The lowest BCUT2D eigenvalue weighted by atomic mass is 9.96. The van der Waals surface area contributed by atoms with Gasteiger partial charge in [-0.2, -0.15) is 0 Å². The Labute approximate surface area is 128 Å². The number of rotatable bonds is 5. The molecule has 106 valence electrons. The van der Waals surface area contributed by atoms with Crippen LogP contribution in [-0.4, -0.2) is 18.6 Å². The van der Waals surface area contributed by atoms with Crippen molar-refractivity contribution in [3.05, 3.63) is 57.8 Å². The van der Waals surface area contributed by atoms with Crippen molar-refractivity contribution in [3.8, 4) is 5.75 Å². The molecule has 2 aromatic rings. The van der Waals surface area contributed by atoms with Crippen molar-refractivity contribution in [2.45, 2.75) is 19.9 Å². The summed E-state index contributed by atoms with van der Waals surface area (Å²) in [4.78, 5) is 4.26. The molecular weight excluding hydrogens is 316 g/mol. The van der Waals surface area contributed by atoms with Crippen molar-refractivity contribution in [1.29, 1.82) is 0 Å². The molecule has 1 aromatic heterocycles. The van der Waals surface area contributed by atoms with Crippen molar-refractivity contribution in [3.63, 3.8) is 0 Å². The Morgan fingerprint density at radius 1 is 1.30 bits per heavy atom. The van der Waals surface area contributed by atoms with E-state index in [2.05, 4.69) is 46.1 Å². The molecule has 0 saturated heterocycles. The molecule has 0 aliphatic rings. The smallest absolute Gasteiger partial charge is 0.119 e. The van der Waals surface area contributed by atoms with Gasteiger partial charge in [-0.05, 0) is 54.4 Å². The number of aromatic nitrogens is 1. The number of halogens is 1. The lowest BCUT2D eigenvalue weighted by molar-refractivity contribution is 0.413. The molecule has 0 aliphatic carbocycles. The Kier molecular flexibility index (Phi) is 5.15. The van der Waals surface area contributed by atoms with Gasteiger partial charge in [0, 0.05) is 16.9 Å². The predicted octanol–water partition coefficient (Wildman–Crippen LogP) is 3.86. The summed E-state index contributed by atoms with van der Waals surface area (Å²) < 4.78 is 6.40. The first kappa shape index (κ1) is 15.0. The molecule has 0 amide bonds. The standard InChI is InChI=1S/C16H19BrN2O/c1-4-19-16(14-10-18-8-7-11(14)2)13-9-12(20-3)5-6-15(13)17/h5-10,16,19H,4H2,1-3H3. The Bertz CT molecular complexity index is 586. The number of hydrogen-bond acceptors (Lipinski definition) is 3. The molecular formula is C16H19BrN2O. The van der Waals surface area contributed by atoms with Crippen LogP contribution in [0.15, 0.2) is 41.1 Å². The summed E-state index contributed by atoms with van der Waals surface area (Å²) in [5.41, 5.74) is 3.56. The van der Waals surface area contributed by atoms with Crippen LogP contribution < -0.4 is 10.1 Å². The zero-order valence-corrected chi connectivity index (χ0v) is 13.6. The monoisotopic (exact) mass is 334 g/mol. The molecule has 0 spiro atoms. The second kappa shape index (κ2) is 6.86. The number of ether oxygens (including phenoxy) is 1. The third-order valence-electron chi connectivity index (χ3n) is 3.31. The molecule has 0 radical (unpaired) electrons. The van der Waals surface area contributed by atoms with Crippen LogP contribution in [0.2, 0.25) is 0 Å². The van der Waals surface area contributed by atoms with Crippen LogP contribution >= 0.6 is 15.9 Å². The average Bonchev–Trinajstić information content (AvgIpc) is 2.47. The summed E-state index contributed by atoms with van der Waals surface area (Å²) in [6, 6.07) is 8.16. The molecule has 0 aliphatic heterocycles. The van der Waals surface area contributed by atoms with Crippen LogP contribution in [0.25, 0.3) is 0 Å². The molecule has 1 heterocycles. The zero-order valence-electron chi connectivity index (χ0n) is 12.0. The average molecular weight is 335 g/mol. The fourth-order valence-corrected chi connectivity index (χ4v) is 2.72. The highest BCUT2D eigenvalue weighted by Crippen LogP contribution is 2.32. The van der Waals surface area contributed by atoms with E-state index >= 15 is 0 Å². The van der Waals surface area contributed by atoms with Crippen LogP contribution in [0.3, 0.4) is 0 Å². The quantitative estimate of drug-likeness (QED) is 0.901. The topological polar surface area (TPSA) is 34.2 Å². The maximum Gasteiger partial charge on any atom is 0.119 e. The van der Waals surface area contributed by atoms with Crippen LogP contribution in [0.5, 0.6) is 5.75 Å². The minimum atomic E-state index is 0.0955. The van der Waals surface area contributed by atoms with Crippen LogP contribution in [0.1, 0.15) is 29.7 Å². The van der Waals surface area contributed by atoms with E-state index in [0.29, 0.717) is 0 Å². The highest BCUT2D eigenvalue weighted by Gasteiger charge is 2.18. The Hall–Kier alpha value is -1.39. The fraction of sp³-hybridized carbons (Fsp3) is 0.312. The van der Waals surface area contributed by atoms with E-state index in [1.54, 1.807) is 7.11 Å².